The maximum absolute atomic E-state index is 11.4. The van der Waals surface area contributed by atoms with E-state index in [0.29, 0.717) is 27.9 Å². The third-order valence-electron chi connectivity index (χ3n) is 2.57. The smallest absolute Gasteiger partial charge is 0.344 e. The molecule has 0 atom stereocenters. The lowest BCUT2D eigenvalue weighted by Crippen LogP contribution is -2.17. The van der Waals surface area contributed by atoms with Gasteiger partial charge in [-0.1, -0.05) is 35.4 Å². The average Bonchev–Trinajstić information content (AvgIpc) is 2.85. The van der Waals surface area contributed by atoms with Gasteiger partial charge in [0.05, 0.1) is 17.3 Å². The third-order valence-corrected chi connectivity index (χ3v) is 2.80. The number of ether oxygens (including phenoxy) is 2. The molecule has 0 saturated heterocycles. The highest BCUT2D eigenvalue weighted by Crippen LogP contribution is 2.22. The van der Waals surface area contributed by atoms with Crippen LogP contribution in [0, 0.1) is 5.92 Å². The second-order valence-electron chi connectivity index (χ2n) is 4.98. The molecule has 0 aromatic carbocycles. The van der Waals surface area contributed by atoms with Crippen molar-refractivity contribution in [3.8, 4) is 17.3 Å². The number of nitrogens with zero attached hydrogens (tertiary/aromatic N) is 3. The van der Waals surface area contributed by atoms with Crippen LogP contribution in [-0.2, 0) is 9.53 Å². The molecule has 0 aliphatic carbocycles. The number of carbonyl (C=O) groups is 1. The fourth-order valence-corrected chi connectivity index (χ4v) is 1.67. The lowest BCUT2D eigenvalue weighted by atomic mass is 10.2. The molecule has 0 aliphatic rings. The van der Waals surface area contributed by atoms with Gasteiger partial charge in [-0.2, -0.15) is 0 Å². The summed E-state index contributed by atoms with van der Waals surface area (Å²) in [6.07, 6.45) is 1.45. The first kappa shape index (κ1) is 16.1. The van der Waals surface area contributed by atoms with Crippen molar-refractivity contribution in [2.24, 2.45) is 5.92 Å². The number of esters is 1. The molecule has 22 heavy (non-hydrogen) atoms. The van der Waals surface area contributed by atoms with Crippen LogP contribution in [0.5, 0.6) is 5.88 Å². The van der Waals surface area contributed by atoms with E-state index in [4.69, 9.17) is 21.1 Å². The largest absolute Gasteiger partial charge is 0.464 e. The van der Waals surface area contributed by atoms with Gasteiger partial charge in [-0.25, -0.2) is 4.79 Å². The summed E-state index contributed by atoms with van der Waals surface area (Å²) in [5, 5.41) is 14.0. The van der Waals surface area contributed by atoms with Crippen LogP contribution < -0.4 is 4.74 Å². The normalized spacial score (nSPS) is 10.7. The number of pyridine rings is 1. The Morgan fingerprint density at radius 1 is 1.45 bits per heavy atom. The van der Waals surface area contributed by atoms with E-state index in [1.54, 1.807) is 12.1 Å². The fourth-order valence-electron chi connectivity index (χ4n) is 1.56. The molecule has 1 N–H and O–H groups in total. The van der Waals surface area contributed by atoms with Crippen LogP contribution in [-0.4, -0.2) is 39.3 Å². The van der Waals surface area contributed by atoms with E-state index in [-0.39, 0.29) is 18.4 Å². The van der Waals surface area contributed by atoms with Gasteiger partial charge in [0.1, 0.15) is 5.69 Å². The Hall–Kier alpha value is -2.28. The minimum Gasteiger partial charge on any atom is -0.464 e. The van der Waals surface area contributed by atoms with Crippen LogP contribution in [0.15, 0.2) is 24.4 Å². The SMILES string of the molecule is CC(C)COC(=O)COc1cc(-c2ccc(Cl)cn2)n(O)n1. The number of aromatic nitrogens is 3. The summed E-state index contributed by atoms with van der Waals surface area (Å²) >= 11 is 5.76. The Bertz CT molecular complexity index is 640. The van der Waals surface area contributed by atoms with Crippen molar-refractivity contribution in [3.05, 3.63) is 29.4 Å². The van der Waals surface area contributed by atoms with Crippen molar-refractivity contribution >= 4 is 17.6 Å². The van der Waals surface area contributed by atoms with Crippen LogP contribution >= 0.6 is 11.6 Å². The maximum Gasteiger partial charge on any atom is 0.344 e. The van der Waals surface area contributed by atoms with Crippen molar-refractivity contribution in [2.75, 3.05) is 13.2 Å². The second kappa shape index (κ2) is 7.13. The Balaban J connectivity index is 1.98. The number of hydrogen-bond acceptors (Lipinski definition) is 6. The molecule has 0 fully saturated rings. The monoisotopic (exact) mass is 325 g/mol. The molecule has 2 aromatic heterocycles. The number of carbonyl (C=O) groups excluding carboxylic acids is 1. The van der Waals surface area contributed by atoms with Crippen molar-refractivity contribution < 1.29 is 19.5 Å². The Morgan fingerprint density at radius 2 is 2.23 bits per heavy atom. The van der Waals surface area contributed by atoms with Gasteiger partial charge in [0, 0.05) is 12.3 Å². The molecule has 8 heteroatoms. The molecular formula is C14H16ClN3O4. The van der Waals surface area contributed by atoms with Crippen LogP contribution in [0.1, 0.15) is 13.8 Å². The highest BCUT2D eigenvalue weighted by Gasteiger charge is 2.13. The van der Waals surface area contributed by atoms with Crippen molar-refractivity contribution in [1.29, 1.82) is 0 Å². The second-order valence-corrected chi connectivity index (χ2v) is 5.42. The van der Waals surface area contributed by atoms with Gasteiger partial charge in [-0.05, 0) is 18.1 Å². The average molecular weight is 326 g/mol. The van der Waals surface area contributed by atoms with Gasteiger partial charge in [-0.3, -0.25) is 4.98 Å². The molecule has 2 aromatic rings. The van der Waals surface area contributed by atoms with E-state index >= 15 is 0 Å². The highest BCUT2D eigenvalue weighted by molar-refractivity contribution is 6.30. The van der Waals surface area contributed by atoms with E-state index in [1.165, 1.54) is 12.3 Å². The zero-order chi connectivity index (χ0) is 16.1. The maximum atomic E-state index is 11.4. The molecule has 0 unspecified atom stereocenters. The summed E-state index contributed by atoms with van der Waals surface area (Å²) in [6.45, 7) is 3.92. The van der Waals surface area contributed by atoms with Crippen LogP contribution in [0.4, 0.5) is 0 Å². The molecular weight excluding hydrogens is 310 g/mol. The van der Waals surface area contributed by atoms with E-state index in [9.17, 15) is 10.0 Å². The minimum absolute atomic E-state index is 0.0933. The standard InChI is InChI=1S/C14H16ClN3O4/c1-9(2)7-22-14(19)8-21-13-5-12(18(20)17-13)11-4-3-10(15)6-16-11/h3-6,9,20H,7-8H2,1-2H3. The van der Waals surface area contributed by atoms with Gasteiger partial charge >= 0.3 is 5.97 Å². The number of rotatable bonds is 6. The number of hydrogen-bond donors (Lipinski definition) is 1. The predicted molar refractivity (Wildman–Crippen MR) is 78.9 cm³/mol. The molecule has 0 bridgehead atoms. The van der Waals surface area contributed by atoms with Gasteiger partial charge in [0.2, 0.25) is 5.88 Å². The van der Waals surface area contributed by atoms with Crippen LogP contribution in [0.2, 0.25) is 5.02 Å². The summed E-state index contributed by atoms with van der Waals surface area (Å²) < 4.78 is 10.2. The molecule has 2 heterocycles. The molecule has 118 valence electrons. The third kappa shape index (κ3) is 4.36. The minimum atomic E-state index is -0.493. The Labute approximate surface area is 132 Å². The molecule has 2 rings (SSSR count). The van der Waals surface area contributed by atoms with E-state index < -0.39 is 5.97 Å². The first-order valence-electron chi connectivity index (χ1n) is 6.65. The zero-order valence-electron chi connectivity index (χ0n) is 12.2. The first-order valence-corrected chi connectivity index (χ1v) is 7.03. The summed E-state index contributed by atoms with van der Waals surface area (Å²) in [7, 11) is 0. The Morgan fingerprint density at radius 3 is 2.86 bits per heavy atom. The van der Waals surface area contributed by atoms with Crippen molar-refractivity contribution in [3.63, 3.8) is 0 Å². The van der Waals surface area contributed by atoms with Crippen molar-refractivity contribution in [2.45, 2.75) is 13.8 Å². The quantitative estimate of drug-likeness (QED) is 0.648. The van der Waals surface area contributed by atoms with Gasteiger partial charge in [0.15, 0.2) is 6.61 Å². The van der Waals surface area contributed by atoms with E-state index in [2.05, 4.69) is 10.1 Å². The van der Waals surface area contributed by atoms with E-state index in [0.717, 1.165) is 0 Å². The van der Waals surface area contributed by atoms with Gasteiger partial charge in [0.25, 0.3) is 0 Å². The van der Waals surface area contributed by atoms with Gasteiger partial charge in [-0.15, -0.1) is 0 Å². The summed E-state index contributed by atoms with van der Waals surface area (Å²) in [5.74, 6) is -0.147. The lowest BCUT2D eigenvalue weighted by Gasteiger charge is -2.06. The van der Waals surface area contributed by atoms with Crippen molar-refractivity contribution in [1.82, 2.24) is 14.9 Å². The van der Waals surface area contributed by atoms with Crippen LogP contribution in [0.3, 0.4) is 0 Å². The zero-order valence-corrected chi connectivity index (χ0v) is 12.9. The number of halogens is 1. The topological polar surface area (TPSA) is 86.5 Å². The molecule has 0 radical (unpaired) electrons. The summed E-state index contributed by atoms with van der Waals surface area (Å²) in [4.78, 5) is 16.1. The molecule has 7 nitrogen and oxygen atoms in total. The lowest BCUT2D eigenvalue weighted by molar-refractivity contribution is -0.147. The predicted octanol–water partition coefficient (Wildman–Crippen LogP) is 2.41. The molecule has 0 saturated carbocycles. The summed E-state index contributed by atoms with van der Waals surface area (Å²) in [5.41, 5.74) is 0.791. The summed E-state index contributed by atoms with van der Waals surface area (Å²) in [6, 6.07) is 4.74. The van der Waals surface area contributed by atoms with E-state index in [1.807, 2.05) is 13.8 Å². The van der Waals surface area contributed by atoms with Gasteiger partial charge < -0.3 is 14.7 Å². The van der Waals surface area contributed by atoms with Crippen LogP contribution in [0.25, 0.3) is 11.4 Å². The first-order chi connectivity index (χ1) is 10.5. The molecule has 0 spiro atoms. The molecule has 0 aliphatic heterocycles. The molecule has 0 amide bonds. The highest BCUT2D eigenvalue weighted by atomic mass is 35.5. The fraction of sp³-hybridized carbons (Fsp3) is 0.357. The Kier molecular flexibility index (Phi) is 5.21.